The number of fused-ring (bicyclic) bond motifs is 1. The molecule has 2 heterocycles. The number of nitrogens with one attached hydrogen (secondary N) is 1. The highest BCUT2D eigenvalue weighted by Gasteiger charge is 2.64. The van der Waals surface area contributed by atoms with Crippen LogP contribution in [-0.4, -0.2) is 51.5 Å². The number of thioether (sulfide) groups is 1. The Bertz CT molecular complexity index is 724. The molecule has 0 unspecified atom stereocenters. The topological polar surface area (TPSA) is 102 Å². The van der Waals surface area contributed by atoms with Gasteiger partial charge in [-0.2, -0.15) is 0 Å². The summed E-state index contributed by atoms with van der Waals surface area (Å²) in [5.74, 6) is -1.10. The van der Waals surface area contributed by atoms with E-state index in [1.807, 2.05) is 19.9 Å². The van der Waals surface area contributed by atoms with E-state index in [1.165, 1.54) is 16.7 Å². The molecule has 0 saturated carbocycles. The molecule has 2 aliphatic rings. The van der Waals surface area contributed by atoms with Crippen LogP contribution in [0.15, 0.2) is 30.3 Å². The number of carbonyl (C=O) groups excluding carboxylic acids is 3. The highest BCUT2D eigenvalue weighted by Crippen LogP contribution is 2.51. The standard InChI is InChI=1S/C18H23N3O4S/c1-4-25-17(24)13-18(2,3)26-16-12(15(23)21(13)16)20-14(22)11(19)10-8-6-5-7-9-10/h5-9,11-13,16H,4,19H2,1-3H3,(H,20,22)/t11-,12-,13+,16-/m1/s1. The zero-order valence-electron chi connectivity index (χ0n) is 15.0. The first-order valence-electron chi connectivity index (χ1n) is 8.55. The molecular formula is C18H23N3O4S. The van der Waals surface area contributed by atoms with Crippen molar-refractivity contribution in [2.45, 2.75) is 49.0 Å². The molecule has 0 radical (unpaired) electrons. The van der Waals surface area contributed by atoms with Crippen LogP contribution >= 0.6 is 11.8 Å². The van der Waals surface area contributed by atoms with Crippen LogP contribution in [0.3, 0.4) is 0 Å². The minimum absolute atomic E-state index is 0.259. The molecule has 3 N–H and O–H groups in total. The minimum Gasteiger partial charge on any atom is -0.464 e. The van der Waals surface area contributed by atoms with Crippen LogP contribution in [0.5, 0.6) is 0 Å². The Labute approximate surface area is 156 Å². The Balaban J connectivity index is 1.70. The van der Waals surface area contributed by atoms with E-state index < -0.39 is 34.7 Å². The number of esters is 1. The second kappa shape index (κ2) is 6.92. The first-order chi connectivity index (χ1) is 12.3. The van der Waals surface area contributed by atoms with Gasteiger partial charge in [0.15, 0.2) is 0 Å². The second-order valence-electron chi connectivity index (χ2n) is 6.89. The summed E-state index contributed by atoms with van der Waals surface area (Å²) in [5.41, 5.74) is 6.68. The summed E-state index contributed by atoms with van der Waals surface area (Å²) >= 11 is 1.49. The molecule has 1 aromatic rings. The van der Waals surface area contributed by atoms with Gasteiger partial charge in [-0.3, -0.25) is 9.59 Å². The van der Waals surface area contributed by atoms with Gasteiger partial charge in [0.25, 0.3) is 0 Å². The molecular weight excluding hydrogens is 354 g/mol. The van der Waals surface area contributed by atoms with Crippen LogP contribution in [-0.2, 0) is 19.1 Å². The van der Waals surface area contributed by atoms with Crippen molar-refractivity contribution < 1.29 is 19.1 Å². The van der Waals surface area contributed by atoms with Gasteiger partial charge in [-0.15, -0.1) is 11.8 Å². The van der Waals surface area contributed by atoms with Gasteiger partial charge in [0.05, 0.1) is 6.61 Å². The maximum absolute atomic E-state index is 12.6. The number of ether oxygens (including phenoxy) is 1. The van der Waals surface area contributed by atoms with Crippen molar-refractivity contribution in [1.29, 1.82) is 0 Å². The van der Waals surface area contributed by atoms with Crippen molar-refractivity contribution in [3.8, 4) is 0 Å². The van der Waals surface area contributed by atoms with Gasteiger partial charge in [0.2, 0.25) is 11.8 Å². The summed E-state index contributed by atoms with van der Waals surface area (Å²) in [6, 6.07) is 6.80. The van der Waals surface area contributed by atoms with Gasteiger partial charge in [0, 0.05) is 4.75 Å². The molecule has 140 valence electrons. The van der Waals surface area contributed by atoms with Crippen LogP contribution in [0, 0.1) is 0 Å². The van der Waals surface area contributed by atoms with Crippen LogP contribution < -0.4 is 11.1 Å². The van der Waals surface area contributed by atoms with E-state index in [4.69, 9.17) is 10.5 Å². The van der Waals surface area contributed by atoms with E-state index in [0.717, 1.165) is 0 Å². The average molecular weight is 377 g/mol. The zero-order valence-corrected chi connectivity index (χ0v) is 15.8. The maximum atomic E-state index is 12.6. The minimum atomic E-state index is -0.849. The quantitative estimate of drug-likeness (QED) is 0.581. The number of nitrogens with zero attached hydrogens (tertiary/aromatic N) is 1. The van der Waals surface area contributed by atoms with Crippen molar-refractivity contribution in [3.05, 3.63) is 35.9 Å². The molecule has 8 heteroatoms. The number of β-lactam (4-membered cyclic amide) rings is 1. The summed E-state index contributed by atoms with van der Waals surface area (Å²) in [7, 11) is 0. The van der Waals surface area contributed by atoms with Gasteiger partial charge in [-0.25, -0.2) is 4.79 Å². The lowest BCUT2D eigenvalue weighted by molar-refractivity contribution is -0.164. The van der Waals surface area contributed by atoms with Gasteiger partial charge in [-0.05, 0) is 26.3 Å². The van der Waals surface area contributed by atoms with Crippen LogP contribution in [0.25, 0.3) is 0 Å². The number of nitrogens with two attached hydrogens (primary N) is 1. The zero-order chi connectivity index (χ0) is 19.1. The number of hydrogen-bond donors (Lipinski definition) is 2. The van der Waals surface area contributed by atoms with Gasteiger partial charge < -0.3 is 20.7 Å². The third-order valence-electron chi connectivity index (χ3n) is 4.69. The lowest BCUT2D eigenvalue weighted by atomic mass is 9.95. The molecule has 7 nitrogen and oxygen atoms in total. The Morgan fingerprint density at radius 1 is 1.35 bits per heavy atom. The predicted molar refractivity (Wildman–Crippen MR) is 98.0 cm³/mol. The van der Waals surface area contributed by atoms with Gasteiger partial charge >= 0.3 is 5.97 Å². The number of benzene rings is 1. The monoisotopic (exact) mass is 377 g/mol. The van der Waals surface area contributed by atoms with Crippen molar-refractivity contribution in [2.75, 3.05) is 6.61 Å². The number of carbonyl (C=O) groups is 3. The molecule has 0 spiro atoms. The first-order valence-corrected chi connectivity index (χ1v) is 9.43. The smallest absolute Gasteiger partial charge is 0.330 e. The van der Waals surface area contributed by atoms with Crippen molar-refractivity contribution in [1.82, 2.24) is 10.2 Å². The van der Waals surface area contributed by atoms with Crippen LogP contribution in [0.2, 0.25) is 0 Å². The molecule has 2 aliphatic heterocycles. The third-order valence-corrected chi connectivity index (χ3v) is 6.26. The first kappa shape index (κ1) is 18.7. The molecule has 0 aromatic heterocycles. The van der Waals surface area contributed by atoms with E-state index in [1.54, 1.807) is 31.2 Å². The Morgan fingerprint density at radius 2 is 2.00 bits per heavy atom. The SMILES string of the molecule is CCOC(=O)[C@@H]1N2C(=O)[C@@H](NC(=O)[C@H](N)c3ccccc3)[C@H]2SC1(C)C. The summed E-state index contributed by atoms with van der Waals surface area (Å²) in [6.45, 7) is 5.80. The molecule has 2 saturated heterocycles. The van der Waals surface area contributed by atoms with Gasteiger partial charge in [0.1, 0.15) is 23.5 Å². The lowest BCUT2D eigenvalue weighted by Gasteiger charge is -2.44. The van der Waals surface area contributed by atoms with E-state index in [2.05, 4.69) is 5.32 Å². The molecule has 1 aromatic carbocycles. The summed E-state index contributed by atoms with van der Waals surface area (Å²) in [4.78, 5) is 38.8. The van der Waals surface area contributed by atoms with Crippen molar-refractivity contribution in [2.24, 2.45) is 5.73 Å². The highest BCUT2D eigenvalue weighted by atomic mass is 32.2. The van der Waals surface area contributed by atoms with E-state index in [0.29, 0.717) is 5.56 Å². The van der Waals surface area contributed by atoms with Crippen LogP contribution in [0.4, 0.5) is 0 Å². The highest BCUT2D eigenvalue weighted by molar-refractivity contribution is 8.01. The average Bonchev–Trinajstić information content (AvgIpc) is 2.87. The molecule has 2 amide bonds. The maximum Gasteiger partial charge on any atom is 0.330 e. The Hall–Kier alpha value is -2.06. The molecule has 2 fully saturated rings. The van der Waals surface area contributed by atoms with Crippen LogP contribution in [0.1, 0.15) is 32.4 Å². The van der Waals surface area contributed by atoms with E-state index >= 15 is 0 Å². The largest absolute Gasteiger partial charge is 0.464 e. The summed E-state index contributed by atoms with van der Waals surface area (Å²) in [5, 5.41) is 2.44. The van der Waals surface area contributed by atoms with Gasteiger partial charge in [-0.1, -0.05) is 30.3 Å². The number of rotatable bonds is 5. The summed E-state index contributed by atoms with van der Waals surface area (Å²) < 4.78 is 4.63. The molecule has 4 atom stereocenters. The molecule has 3 rings (SSSR count). The normalized spacial score (nSPS) is 27.3. The number of amides is 2. The van der Waals surface area contributed by atoms with E-state index in [9.17, 15) is 14.4 Å². The van der Waals surface area contributed by atoms with Crippen molar-refractivity contribution >= 4 is 29.5 Å². The van der Waals surface area contributed by atoms with E-state index in [-0.39, 0.29) is 17.9 Å². The fraction of sp³-hybridized carbons (Fsp3) is 0.500. The predicted octanol–water partition coefficient (Wildman–Crippen LogP) is 0.797. The Kier molecular flexibility index (Phi) is 4.98. The fourth-order valence-corrected chi connectivity index (χ4v) is 5.02. The molecule has 0 bridgehead atoms. The lowest BCUT2D eigenvalue weighted by Crippen LogP contribution is -2.71. The third kappa shape index (κ3) is 3.07. The molecule has 0 aliphatic carbocycles. The van der Waals surface area contributed by atoms with Crippen molar-refractivity contribution in [3.63, 3.8) is 0 Å². The second-order valence-corrected chi connectivity index (χ2v) is 8.66. The molecule has 26 heavy (non-hydrogen) atoms. The summed E-state index contributed by atoms with van der Waals surface area (Å²) in [6.07, 6.45) is 0. The Morgan fingerprint density at radius 3 is 2.62 bits per heavy atom. The fourth-order valence-electron chi connectivity index (χ4n) is 3.40. The number of hydrogen-bond acceptors (Lipinski definition) is 6.